The van der Waals surface area contributed by atoms with Crippen LogP contribution in [0.3, 0.4) is 0 Å². The Hall–Kier alpha value is -2.76. The molecule has 2 aromatic heterocycles. The number of rotatable bonds is 8. The lowest BCUT2D eigenvalue weighted by molar-refractivity contribution is 0.0923. The Labute approximate surface area is 213 Å². The number of carbonyl (C=O) groups excluding carboxylic acids is 2. The number of nitrogens with one attached hydrogen (secondary N) is 2. The molecule has 1 aromatic carbocycles. The molecule has 0 spiro atoms. The van der Waals surface area contributed by atoms with Crippen LogP contribution in [0, 0.1) is 12.8 Å². The van der Waals surface area contributed by atoms with Gasteiger partial charge in [-0.15, -0.1) is 21.5 Å². The highest BCUT2D eigenvalue weighted by Gasteiger charge is 2.32. The Kier molecular flexibility index (Phi) is 6.90. The number of carbonyl (C=O) groups is 2. The summed E-state index contributed by atoms with van der Waals surface area (Å²) in [6.45, 7) is 2.26. The van der Waals surface area contributed by atoms with Gasteiger partial charge in [0, 0.05) is 22.9 Å². The molecule has 9 nitrogen and oxygen atoms in total. The summed E-state index contributed by atoms with van der Waals surface area (Å²) < 4.78 is 2.07. The monoisotopic (exact) mass is 511 g/mol. The van der Waals surface area contributed by atoms with Crippen LogP contribution in [0.1, 0.15) is 83.1 Å². The van der Waals surface area contributed by atoms with Gasteiger partial charge in [0.05, 0.1) is 17.9 Å². The molecule has 5 rings (SSSR count). The fraction of sp³-hybridized carbons (Fsp3) is 0.458. The van der Waals surface area contributed by atoms with Crippen LogP contribution in [0.25, 0.3) is 0 Å². The standard InChI is InChI=1S/C24H29N7O2S2/c1-13-6-9-17(16(10-13)20(32)14-4-2-3-5-14)26-23(33)28-24-27-18(12-35-24)21(34)22-30-29-19(11-25)31(22)15-7-8-15/h6,9-10,12,14-15,21,34H,2-5,7-8,11,25H2,1H3,(H2,26,27,28,33). The van der Waals surface area contributed by atoms with E-state index in [2.05, 4.69) is 30.4 Å². The van der Waals surface area contributed by atoms with Crippen LogP contribution >= 0.6 is 24.0 Å². The zero-order valence-electron chi connectivity index (χ0n) is 19.5. The number of anilines is 2. The molecule has 184 valence electrons. The molecule has 2 aliphatic carbocycles. The molecular weight excluding hydrogens is 482 g/mol. The number of thiazole rings is 1. The van der Waals surface area contributed by atoms with E-state index in [0.717, 1.165) is 49.9 Å². The minimum absolute atomic E-state index is 0.0340. The highest BCUT2D eigenvalue weighted by molar-refractivity contribution is 7.80. The van der Waals surface area contributed by atoms with Gasteiger partial charge in [-0.1, -0.05) is 24.5 Å². The highest BCUT2D eigenvalue weighted by atomic mass is 32.1. The van der Waals surface area contributed by atoms with E-state index in [1.54, 1.807) is 6.07 Å². The van der Waals surface area contributed by atoms with Crippen LogP contribution in [-0.4, -0.2) is 31.6 Å². The van der Waals surface area contributed by atoms with E-state index in [9.17, 15) is 9.59 Å². The van der Waals surface area contributed by atoms with Crippen molar-refractivity contribution in [1.29, 1.82) is 0 Å². The van der Waals surface area contributed by atoms with Gasteiger partial charge < -0.3 is 15.6 Å². The summed E-state index contributed by atoms with van der Waals surface area (Å²) in [7, 11) is 0. The van der Waals surface area contributed by atoms with Crippen molar-refractivity contribution < 1.29 is 9.59 Å². The minimum Gasteiger partial charge on any atom is -0.324 e. The average molecular weight is 512 g/mol. The van der Waals surface area contributed by atoms with E-state index < -0.39 is 6.03 Å². The number of aryl methyl sites for hydroxylation is 1. The summed E-state index contributed by atoms with van der Waals surface area (Å²) in [5.74, 6) is 1.60. The van der Waals surface area contributed by atoms with E-state index in [0.29, 0.717) is 40.5 Å². The van der Waals surface area contributed by atoms with Crippen molar-refractivity contribution in [3.05, 3.63) is 52.0 Å². The average Bonchev–Trinajstić information content (AvgIpc) is 3.23. The second kappa shape index (κ2) is 10.1. The molecule has 4 N–H and O–H groups in total. The lowest BCUT2D eigenvalue weighted by atomic mass is 9.94. The fourth-order valence-electron chi connectivity index (χ4n) is 4.62. The molecule has 2 heterocycles. The first-order valence-corrected chi connectivity index (χ1v) is 13.3. The maximum Gasteiger partial charge on any atom is 0.325 e. The zero-order chi connectivity index (χ0) is 24.5. The maximum atomic E-state index is 13.1. The fourth-order valence-corrected chi connectivity index (χ4v) is 5.76. The predicted octanol–water partition coefficient (Wildman–Crippen LogP) is 4.87. The number of urea groups is 1. The Morgan fingerprint density at radius 2 is 1.97 bits per heavy atom. The summed E-state index contributed by atoms with van der Waals surface area (Å²) in [5.41, 5.74) is 8.57. The third-order valence-electron chi connectivity index (χ3n) is 6.57. The van der Waals surface area contributed by atoms with Crippen molar-refractivity contribution in [2.75, 3.05) is 10.6 Å². The van der Waals surface area contributed by atoms with Gasteiger partial charge in [0.1, 0.15) is 11.1 Å². The van der Waals surface area contributed by atoms with Crippen molar-refractivity contribution >= 4 is 46.6 Å². The molecule has 2 aliphatic rings. The number of amides is 2. The van der Waals surface area contributed by atoms with Gasteiger partial charge in [-0.05, 0) is 44.7 Å². The zero-order valence-corrected chi connectivity index (χ0v) is 21.2. The van der Waals surface area contributed by atoms with Crippen LogP contribution < -0.4 is 16.4 Å². The molecule has 3 aromatic rings. The van der Waals surface area contributed by atoms with E-state index in [1.807, 2.05) is 24.4 Å². The normalized spacial score (nSPS) is 16.9. The molecule has 0 radical (unpaired) electrons. The second-order valence-corrected chi connectivity index (χ2v) is 10.6. The van der Waals surface area contributed by atoms with Crippen molar-refractivity contribution in [3.8, 4) is 0 Å². The lowest BCUT2D eigenvalue weighted by Crippen LogP contribution is -2.22. The van der Waals surface area contributed by atoms with Gasteiger partial charge in [-0.3, -0.25) is 10.1 Å². The van der Waals surface area contributed by atoms with Crippen LogP contribution in [-0.2, 0) is 6.54 Å². The van der Waals surface area contributed by atoms with Gasteiger partial charge in [-0.25, -0.2) is 9.78 Å². The SMILES string of the molecule is Cc1ccc(NC(=O)Nc2nc(C(S)c3nnc(CN)n3C3CC3)cs2)c(C(=O)C2CCCC2)c1. The third-order valence-corrected chi connectivity index (χ3v) is 7.84. The first-order chi connectivity index (χ1) is 16.9. The first kappa shape index (κ1) is 24.0. The Bertz CT molecular complexity index is 1240. The molecular formula is C24H29N7O2S2. The van der Waals surface area contributed by atoms with E-state index in [4.69, 9.17) is 18.4 Å². The summed E-state index contributed by atoms with van der Waals surface area (Å²) >= 11 is 6.05. The topological polar surface area (TPSA) is 128 Å². The van der Waals surface area contributed by atoms with E-state index >= 15 is 0 Å². The summed E-state index contributed by atoms with van der Waals surface area (Å²) in [6, 6.07) is 5.45. The van der Waals surface area contributed by atoms with Gasteiger partial charge in [0.25, 0.3) is 0 Å². The molecule has 0 aliphatic heterocycles. The Morgan fingerprint density at radius 1 is 1.20 bits per heavy atom. The molecule has 35 heavy (non-hydrogen) atoms. The molecule has 2 fully saturated rings. The number of ketones is 1. The quantitative estimate of drug-likeness (QED) is 0.252. The predicted molar refractivity (Wildman–Crippen MR) is 139 cm³/mol. The second-order valence-electron chi connectivity index (χ2n) is 9.23. The van der Waals surface area contributed by atoms with Crippen LogP contribution in [0.2, 0.25) is 0 Å². The molecule has 0 bridgehead atoms. The Morgan fingerprint density at radius 3 is 2.69 bits per heavy atom. The van der Waals surface area contributed by atoms with Crippen molar-refractivity contribution in [2.24, 2.45) is 11.7 Å². The molecule has 2 saturated carbocycles. The van der Waals surface area contributed by atoms with Gasteiger partial charge in [-0.2, -0.15) is 12.6 Å². The van der Waals surface area contributed by atoms with Crippen LogP contribution in [0.5, 0.6) is 0 Å². The summed E-state index contributed by atoms with van der Waals surface area (Å²) in [4.78, 5) is 30.4. The van der Waals surface area contributed by atoms with Gasteiger partial charge in [0.15, 0.2) is 16.7 Å². The number of benzene rings is 1. The van der Waals surface area contributed by atoms with Crippen molar-refractivity contribution in [2.45, 2.75) is 63.3 Å². The number of nitrogens with two attached hydrogens (primary N) is 1. The summed E-state index contributed by atoms with van der Waals surface area (Å²) in [5, 5.41) is 16.0. The highest BCUT2D eigenvalue weighted by Crippen LogP contribution is 2.40. The number of aromatic nitrogens is 4. The number of nitrogens with zero attached hydrogens (tertiary/aromatic N) is 4. The Balaban J connectivity index is 1.28. The molecule has 0 saturated heterocycles. The largest absolute Gasteiger partial charge is 0.325 e. The maximum absolute atomic E-state index is 13.1. The van der Waals surface area contributed by atoms with E-state index in [1.165, 1.54) is 11.3 Å². The third kappa shape index (κ3) is 5.12. The van der Waals surface area contributed by atoms with Crippen LogP contribution in [0.15, 0.2) is 23.6 Å². The first-order valence-electron chi connectivity index (χ1n) is 11.9. The number of hydrogen-bond acceptors (Lipinski definition) is 8. The smallest absolute Gasteiger partial charge is 0.324 e. The number of thiol groups is 1. The molecule has 2 amide bonds. The van der Waals surface area contributed by atoms with Crippen LogP contribution in [0.4, 0.5) is 15.6 Å². The molecule has 1 atom stereocenters. The molecule has 1 unspecified atom stereocenters. The van der Waals surface area contributed by atoms with Crippen molar-refractivity contribution in [3.63, 3.8) is 0 Å². The lowest BCUT2D eigenvalue weighted by Gasteiger charge is -2.14. The summed E-state index contributed by atoms with van der Waals surface area (Å²) in [6.07, 6.45) is 6.13. The minimum atomic E-state index is -0.447. The molecule has 11 heteroatoms. The van der Waals surface area contributed by atoms with Crippen molar-refractivity contribution in [1.82, 2.24) is 19.7 Å². The van der Waals surface area contributed by atoms with E-state index in [-0.39, 0.29) is 17.0 Å². The van der Waals surface area contributed by atoms with Gasteiger partial charge in [0.2, 0.25) is 0 Å². The van der Waals surface area contributed by atoms with Gasteiger partial charge >= 0.3 is 6.03 Å². The number of hydrogen-bond donors (Lipinski definition) is 4. The number of Topliss-reactive ketones (excluding diaryl/α,β-unsaturated/α-hetero) is 1.